The second-order valence-electron chi connectivity index (χ2n) is 6.25. The molecular formula is C19H19N5. The summed E-state index contributed by atoms with van der Waals surface area (Å²) in [7, 11) is 0. The largest absolute Gasteiger partial charge is 0.351 e. The molecule has 120 valence electrons. The van der Waals surface area contributed by atoms with E-state index in [0.29, 0.717) is 17.6 Å². The highest BCUT2D eigenvalue weighted by Gasteiger charge is 2.15. The minimum Gasteiger partial charge on any atom is -0.351 e. The lowest BCUT2D eigenvalue weighted by Crippen LogP contribution is -2.23. The van der Waals surface area contributed by atoms with E-state index in [1.165, 1.54) is 32.1 Å². The van der Waals surface area contributed by atoms with Crippen LogP contribution in [0.4, 0.5) is 5.95 Å². The zero-order valence-electron chi connectivity index (χ0n) is 13.4. The summed E-state index contributed by atoms with van der Waals surface area (Å²) < 4.78 is 2.00. The first kappa shape index (κ1) is 14.7. The lowest BCUT2D eigenvalue weighted by molar-refractivity contribution is 0.461. The van der Waals surface area contributed by atoms with Crippen molar-refractivity contribution >= 4 is 16.9 Å². The number of hydrogen-bond donors (Lipinski definition) is 1. The Balaban J connectivity index is 1.67. The van der Waals surface area contributed by atoms with Crippen LogP contribution in [0.15, 0.2) is 42.7 Å². The van der Waals surface area contributed by atoms with Crippen molar-refractivity contribution in [2.75, 3.05) is 5.32 Å². The van der Waals surface area contributed by atoms with Gasteiger partial charge in [-0.05, 0) is 37.1 Å². The van der Waals surface area contributed by atoms with Crippen LogP contribution < -0.4 is 5.32 Å². The zero-order valence-corrected chi connectivity index (χ0v) is 13.4. The molecule has 1 aliphatic rings. The number of aromatic nitrogens is 3. The first-order valence-corrected chi connectivity index (χ1v) is 8.45. The maximum absolute atomic E-state index is 9.25. The number of hydrogen-bond acceptors (Lipinski definition) is 4. The van der Waals surface area contributed by atoms with Crippen molar-refractivity contribution in [3.63, 3.8) is 0 Å². The number of fused-ring (bicyclic) bond motifs is 1. The van der Waals surface area contributed by atoms with Gasteiger partial charge in [0, 0.05) is 23.8 Å². The molecule has 0 aliphatic heterocycles. The predicted molar refractivity (Wildman–Crippen MR) is 94.1 cm³/mol. The van der Waals surface area contributed by atoms with Gasteiger partial charge in [-0.2, -0.15) is 10.2 Å². The molecule has 0 unspecified atom stereocenters. The summed E-state index contributed by atoms with van der Waals surface area (Å²) in [6.07, 6.45) is 9.99. The van der Waals surface area contributed by atoms with Gasteiger partial charge in [-0.3, -0.25) is 0 Å². The zero-order chi connectivity index (χ0) is 16.4. The minimum absolute atomic E-state index is 0.473. The highest BCUT2D eigenvalue weighted by atomic mass is 15.2. The molecule has 3 aromatic rings. The van der Waals surface area contributed by atoms with Gasteiger partial charge in [0.1, 0.15) is 5.82 Å². The Hall–Kier alpha value is -2.87. The number of anilines is 1. The van der Waals surface area contributed by atoms with Crippen LogP contribution in [0.25, 0.3) is 16.7 Å². The van der Waals surface area contributed by atoms with Crippen molar-refractivity contribution in [1.29, 1.82) is 5.26 Å². The Morgan fingerprint density at radius 1 is 1.12 bits per heavy atom. The fourth-order valence-corrected chi connectivity index (χ4v) is 3.45. The van der Waals surface area contributed by atoms with Crippen molar-refractivity contribution < 1.29 is 0 Å². The van der Waals surface area contributed by atoms with Crippen molar-refractivity contribution in [2.45, 2.75) is 38.1 Å². The Labute approximate surface area is 141 Å². The van der Waals surface area contributed by atoms with E-state index in [2.05, 4.69) is 21.4 Å². The van der Waals surface area contributed by atoms with Gasteiger partial charge in [0.05, 0.1) is 17.1 Å². The normalized spacial score (nSPS) is 15.3. The molecule has 1 N–H and O–H groups in total. The van der Waals surface area contributed by atoms with Crippen LogP contribution in [0.5, 0.6) is 0 Å². The molecule has 1 fully saturated rings. The van der Waals surface area contributed by atoms with Gasteiger partial charge in [0.2, 0.25) is 5.95 Å². The molecule has 5 nitrogen and oxygen atoms in total. The number of nitrogens with zero attached hydrogens (tertiary/aromatic N) is 4. The van der Waals surface area contributed by atoms with E-state index in [1.54, 1.807) is 6.20 Å². The molecule has 2 heterocycles. The quantitative estimate of drug-likeness (QED) is 0.792. The topological polar surface area (TPSA) is 66.5 Å². The average molecular weight is 317 g/mol. The minimum atomic E-state index is 0.473. The van der Waals surface area contributed by atoms with Gasteiger partial charge in [-0.15, -0.1) is 0 Å². The van der Waals surface area contributed by atoms with E-state index in [4.69, 9.17) is 0 Å². The Morgan fingerprint density at radius 3 is 2.83 bits per heavy atom. The molecule has 24 heavy (non-hydrogen) atoms. The van der Waals surface area contributed by atoms with Crippen LogP contribution in [0, 0.1) is 11.3 Å². The molecule has 0 bridgehead atoms. The molecule has 2 aromatic heterocycles. The number of nitrogens with one attached hydrogen (secondary N) is 1. The van der Waals surface area contributed by atoms with Crippen molar-refractivity contribution in [2.24, 2.45) is 0 Å². The third kappa shape index (κ3) is 2.71. The SMILES string of the molecule is N#Cc1cccc2c1ccn2-c1ccnc(NC2CCCCC2)n1. The van der Waals surface area contributed by atoms with Crippen LogP contribution in [0.3, 0.4) is 0 Å². The first-order valence-electron chi connectivity index (χ1n) is 8.45. The van der Waals surface area contributed by atoms with Crippen LogP contribution in [-0.2, 0) is 0 Å². The van der Waals surface area contributed by atoms with E-state index in [0.717, 1.165) is 16.7 Å². The van der Waals surface area contributed by atoms with Crippen LogP contribution in [0.2, 0.25) is 0 Å². The molecule has 0 saturated heterocycles. The van der Waals surface area contributed by atoms with E-state index in [1.807, 2.05) is 41.1 Å². The smallest absolute Gasteiger partial charge is 0.224 e. The van der Waals surface area contributed by atoms with Crippen molar-refractivity contribution in [3.05, 3.63) is 48.3 Å². The monoisotopic (exact) mass is 317 g/mol. The summed E-state index contributed by atoms with van der Waals surface area (Å²) in [4.78, 5) is 9.04. The number of benzene rings is 1. The van der Waals surface area contributed by atoms with Crippen LogP contribution in [-0.4, -0.2) is 20.6 Å². The summed E-state index contributed by atoms with van der Waals surface area (Å²) in [6.45, 7) is 0. The average Bonchev–Trinajstić information content (AvgIpc) is 3.07. The molecule has 0 radical (unpaired) electrons. The maximum atomic E-state index is 9.25. The molecule has 1 saturated carbocycles. The number of rotatable bonds is 3. The third-order valence-corrected chi connectivity index (χ3v) is 4.68. The third-order valence-electron chi connectivity index (χ3n) is 4.68. The summed E-state index contributed by atoms with van der Waals surface area (Å²) in [5.41, 5.74) is 1.66. The maximum Gasteiger partial charge on any atom is 0.224 e. The molecule has 0 spiro atoms. The molecule has 4 rings (SSSR count). The molecule has 5 heteroatoms. The summed E-state index contributed by atoms with van der Waals surface area (Å²) in [5.74, 6) is 1.49. The van der Waals surface area contributed by atoms with Crippen LogP contribution >= 0.6 is 0 Å². The van der Waals surface area contributed by atoms with Crippen LogP contribution in [0.1, 0.15) is 37.7 Å². The van der Waals surface area contributed by atoms with Crippen molar-refractivity contribution in [3.8, 4) is 11.9 Å². The van der Waals surface area contributed by atoms with Gasteiger partial charge in [0.15, 0.2) is 0 Å². The van der Waals surface area contributed by atoms with E-state index in [9.17, 15) is 5.26 Å². The molecular weight excluding hydrogens is 298 g/mol. The van der Waals surface area contributed by atoms with Gasteiger partial charge in [-0.25, -0.2) is 4.98 Å². The Bertz CT molecular complexity index is 900. The lowest BCUT2D eigenvalue weighted by Gasteiger charge is -2.22. The van der Waals surface area contributed by atoms with E-state index >= 15 is 0 Å². The van der Waals surface area contributed by atoms with Gasteiger partial charge < -0.3 is 9.88 Å². The number of nitriles is 1. The molecule has 0 amide bonds. The summed E-state index contributed by atoms with van der Waals surface area (Å²) in [6, 6.07) is 12.3. The second kappa shape index (κ2) is 6.32. The lowest BCUT2D eigenvalue weighted by atomic mass is 9.96. The van der Waals surface area contributed by atoms with Crippen molar-refractivity contribution in [1.82, 2.24) is 14.5 Å². The second-order valence-corrected chi connectivity index (χ2v) is 6.25. The molecule has 0 atom stereocenters. The summed E-state index contributed by atoms with van der Waals surface area (Å²) >= 11 is 0. The predicted octanol–water partition coefficient (Wildman–Crippen LogP) is 4.04. The Kier molecular flexibility index (Phi) is 3.87. The van der Waals surface area contributed by atoms with Gasteiger partial charge in [0.25, 0.3) is 0 Å². The fourth-order valence-electron chi connectivity index (χ4n) is 3.45. The standard InChI is InChI=1S/C19H19N5/c20-13-14-5-4-8-17-16(14)10-12-24(17)18-9-11-21-19(23-18)22-15-6-2-1-3-7-15/h4-5,8-12,15H,1-3,6-7H2,(H,21,22,23). The molecule has 1 aliphatic carbocycles. The highest BCUT2D eigenvalue weighted by Crippen LogP contribution is 2.24. The van der Waals surface area contributed by atoms with Gasteiger partial charge in [-0.1, -0.05) is 25.3 Å². The Morgan fingerprint density at radius 2 is 2.00 bits per heavy atom. The summed E-state index contributed by atoms with van der Waals surface area (Å²) in [5, 5.41) is 13.7. The van der Waals surface area contributed by atoms with E-state index in [-0.39, 0.29) is 0 Å². The molecule has 1 aromatic carbocycles. The van der Waals surface area contributed by atoms with E-state index < -0.39 is 0 Å². The van der Waals surface area contributed by atoms with Gasteiger partial charge >= 0.3 is 0 Å². The highest BCUT2D eigenvalue weighted by molar-refractivity contribution is 5.87. The first-order chi connectivity index (χ1) is 11.8. The fraction of sp³-hybridized carbons (Fsp3) is 0.316.